The monoisotopic (exact) mass is 404 g/mol. The van der Waals surface area contributed by atoms with Gasteiger partial charge >= 0.3 is 6.09 Å². The van der Waals surface area contributed by atoms with Crippen molar-refractivity contribution in [2.24, 2.45) is 0 Å². The highest BCUT2D eigenvalue weighted by Gasteiger charge is 2.43. The zero-order valence-electron chi connectivity index (χ0n) is 14.1. The number of amides is 2. The zero-order chi connectivity index (χ0) is 19.4. The van der Waals surface area contributed by atoms with Gasteiger partial charge < -0.3 is 9.64 Å². The number of sulfone groups is 1. The van der Waals surface area contributed by atoms with Gasteiger partial charge in [-0.05, 0) is 25.1 Å². The molecule has 0 radical (unpaired) electrons. The van der Waals surface area contributed by atoms with Crippen molar-refractivity contribution in [2.45, 2.75) is 24.2 Å². The van der Waals surface area contributed by atoms with Crippen LogP contribution in [0.25, 0.3) is 0 Å². The molecule has 1 aromatic rings. The first-order valence-electron chi connectivity index (χ1n) is 7.42. The second-order valence-electron chi connectivity index (χ2n) is 6.03. The van der Waals surface area contributed by atoms with Crippen LogP contribution in [0.1, 0.15) is 6.92 Å². The minimum atomic E-state index is -3.86. The number of carbonyl (C=O) groups is 2. The molecule has 0 bridgehead atoms. The topological polar surface area (TPSA) is 127 Å². The Morgan fingerprint density at radius 2 is 1.92 bits per heavy atom. The van der Waals surface area contributed by atoms with Crippen LogP contribution in [0, 0.1) is 0 Å². The molecule has 0 N–H and O–H groups in total. The van der Waals surface area contributed by atoms with Gasteiger partial charge in [0, 0.05) is 12.7 Å². The van der Waals surface area contributed by atoms with E-state index in [0.29, 0.717) is 0 Å². The van der Waals surface area contributed by atoms with Gasteiger partial charge in [-0.25, -0.2) is 17.4 Å². The van der Waals surface area contributed by atoms with Crippen molar-refractivity contribution in [1.82, 2.24) is 0 Å². The maximum Gasteiger partial charge on any atom is 0.417 e. The molecular weight excluding hydrogens is 388 g/mol. The maximum atomic E-state index is 12.3. The number of hydrogen-bond acceptors (Lipinski definition) is 8. The molecule has 0 spiro atoms. The SMILES string of the molecule is CC1[C@@H](OS(C)(=O)=O)OC(=O)N1c1ccc2c(c1)S(=O)(=O)CC(=O)N2C. The Kier molecular flexibility index (Phi) is 4.24. The highest BCUT2D eigenvalue weighted by atomic mass is 32.2. The van der Waals surface area contributed by atoms with E-state index in [1.807, 2.05) is 0 Å². The van der Waals surface area contributed by atoms with Crippen molar-refractivity contribution in [1.29, 1.82) is 0 Å². The molecule has 1 unspecified atom stereocenters. The Hall–Kier alpha value is -2.18. The van der Waals surface area contributed by atoms with Crippen molar-refractivity contribution >= 4 is 43.3 Å². The third kappa shape index (κ3) is 3.15. The number of rotatable bonds is 3. The normalized spacial score (nSPS) is 25.2. The molecule has 1 aromatic carbocycles. The fourth-order valence-corrected chi connectivity index (χ4v) is 4.85. The standard InChI is InChI=1S/C14H16N2O8S2/c1-8-13(24-25(3,19)20)23-14(18)16(8)9-4-5-10-11(6-9)26(21,22)7-12(17)15(10)2/h4-6,8,13H,7H2,1-3H3/t8?,13-/m1/s1. The van der Waals surface area contributed by atoms with Crippen molar-refractivity contribution in [3.05, 3.63) is 18.2 Å². The van der Waals surface area contributed by atoms with Gasteiger partial charge in [-0.2, -0.15) is 8.42 Å². The number of carbonyl (C=O) groups excluding carboxylic acids is 2. The first-order valence-corrected chi connectivity index (χ1v) is 10.9. The summed E-state index contributed by atoms with van der Waals surface area (Å²) in [6.07, 6.45) is -1.40. The van der Waals surface area contributed by atoms with Crippen molar-refractivity contribution < 1.29 is 35.3 Å². The van der Waals surface area contributed by atoms with Crippen LogP contribution < -0.4 is 9.80 Å². The third-order valence-corrected chi connectivity index (χ3v) is 6.25. The summed E-state index contributed by atoms with van der Waals surface area (Å²) in [5.74, 6) is -1.22. The van der Waals surface area contributed by atoms with E-state index in [-0.39, 0.29) is 16.3 Å². The predicted octanol–water partition coefficient (Wildman–Crippen LogP) is 0.0841. The summed E-state index contributed by atoms with van der Waals surface area (Å²) < 4.78 is 56.9. The van der Waals surface area contributed by atoms with Gasteiger partial charge in [0.15, 0.2) is 9.84 Å². The summed E-state index contributed by atoms with van der Waals surface area (Å²) in [6, 6.07) is 3.29. The molecule has 3 rings (SSSR count). The van der Waals surface area contributed by atoms with E-state index in [1.54, 1.807) is 0 Å². The molecule has 0 aliphatic carbocycles. The number of hydrogen-bond donors (Lipinski definition) is 0. The Bertz CT molecular complexity index is 1000. The molecule has 142 valence electrons. The van der Waals surface area contributed by atoms with Gasteiger partial charge in [0.05, 0.1) is 16.8 Å². The molecular formula is C14H16N2O8S2. The lowest BCUT2D eigenvalue weighted by atomic mass is 10.2. The molecule has 12 heteroatoms. The Balaban J connectivity index is 2.01. The molecule has 2 aliphatic heterocycles. The summed E-state index contributed by atoms with van der Waals surface area (Å²) in [4.78, 5) is 26.2. The molecule has 10 nitrogen and oxygen atoms in total. The van der Waals surface area contributed by atoms with E-state index < -0.39 is 50.0 Å². The van der Waals surface area contributed by atoms with Gasteiger partial charge in [-0.15, -0.1) is 0 Å². The third-order valence-electron chi connectivity index (χ3n) is 4.09. The van der Waals surface area contributed by atoms with E-state index in [4.69, 9.17) is 8.92 Å². The number of benzene rings is 1. The molecule has 0 saturated carbocycles. The number of ether oxygens (including phenoxy) is 1. The average Bonchev–Trinajstić information content (AvgIpc) is 2.76. The number of fused-ring (bicyclic) bond motifs is 1. The molecule has 1 fully saturated rings. The summed E-state index contributed by atoms with van der Waals surface area (Å²) in [5.41, 5.74) is 0.390. The van der Waals surface area contributed by atoms with Crippen LogP contribution in [-0.4, -0.2) is 60.2 Å². The van der Waals surface area contributed by atoms with Gasteiger partial charge in [-0.3, -0.25) is 9.69 Å². The molecule has 2 heterocycles. The van der Waals surface area contributed by atoms with E-state index in [9.17, 15) is 26.4 Å². The Labute approximate surface area is 150 Å². The van der Waals surface area contributed by atoms with Crippen LogP contribution in [-0.2, 0) is 33.7 Å². The lowest BCUT2D eigenvalue weighted by Gasteiger charge is -2.27. The number of nitrogens with zero attached hydrogens (tertiary/aromatic N) is 2. The largest absolute Gasteiger partial charge is 0.417 e. The van der Waals surface area contributed by atoms with Crippen molar-refractivity contribution in [3.8, 4) is 0 Å². The van der Waals surface area contributed by atoms with Gasteiger partial charge in [-0.1, -0.05) is 0 Å². The van der Waals surface area contributed by atoms with E-state index in [0.717, 1.165) is 11.2 Å². The Morgan fingerprint density at radius 3 is 2.54 bits per heavy atom. The van der Waals surface area contributed by atoms with Crippen LogP contribution in [0.5, 0.6) is 0 Å². The number of cyclic esters (lactones) is 1. The quantitative estimate of drug-likeness (QED) is 0.648. The first kappa shape index (κ1) is 18.6. The number of anilines is 2. The molecule has 2 atom stereocenters. The molecule has 0 aromatic heterocycles. The highest BCUT2D eigenvalue weighted by molar-refractivity contribution is 7.92. The van der Waals surface area contributed by atoms with Crippen LogP contribution >= 0.6 is 0 Å². The lowest BCUT2D eigenvalue weighted by Crippen LogP contribution is -2.39. The fourth-order valence-electron chi connectivity index (χ4n) is 2.81. The van der Waals surface area contributed by atoms with E-state index in [1.165, 1.54) is 37.1 Å². The van der Waals surface area contributed by atoms with Crippen molar-refractivity contribution in [2.75, 3.05) is 28.9 Å². The van der Waals surface area contributed by atoms with Gasteiger partial charge in [0.1, 0.15) is 11.8 Å². The lowest BCUT2D eigenvalue weighted by molar-refractivity contribution is -0.116. The average molecular weight is 404 g/mol. The molecule has 2 amide bonds. The maximum absolute atomic E-state index is 12.3. The highest BCUT2D eigenvalue weighted by Crippen LogP contribution is 2.36. The molecule has 2 aliphatic rings. The van der Waals surface area contributed by atoms with Crippen LogP contribution in [0.4, 0.5) is 16.2 Å². The first-order chi connectivity index (χ1) is 11.9. The minimum absolute atomic E-state index is 0.0930. The van der Waals surface area contributed by atoms with Gasteiger partial charge in [0.2, 0.25) is 12.2 Å². The van der Waals surface area contributed by atoms with Crippen LogP contribution in [0.3, 0.4) is 0 Å². The second kappa shape index (κ2) is 5.93. The summed E-state index contributed by atoms with van der Waals surface area (Å²) in [7, 11) is -6.25. The predicted molar refractivity (Wildman–Crippen MR) is 90.0 cm³/mol. The summed E-state index contributed by atoms with van der Waals surface area (Å²) in [6.45, 7) is 1.50. The molecule has 26 heavy (non-hydrogen) atoms. The zero-order valence-corrected chi connectivity index (χ0v) is 15.7. The van der Waals surface area contributed by atoms with Crippen LogP contribution in [0.2, 0.25) is 0 Å². The van der Waals surface area contributed by atoms with Crippen molar-refractivity contribution in [3.63, 3.8) is 0 Å². The molecule has 1 saturated heterocycles. The second-order valence-corrected chi connectivity index (χ2v) is 9.59. The van der Waals surface area contributed by atoms with E-state index in [2.05, 4.69) is 0 Å². The van der Waals surface area contributed by atoms with Crippen LogP contribution in [0.15, 0.2) is 23.1 Å². The summed E-state index contributed by atoms with van der Waals surface area (Å²) >= 11 is 0. The van der Waals surface area contributed by atoms with Gasteiger partial charge in [0.25, 0.3) is 10.1 Å². The Morgan fingerprint density at radius 1 is 1.27 bits per heavy atom. The minimum Gasteiger partial charge on any atom is -0.416 e. The smallest absolute Gasteiger partial charge is 0.416 e. The summed E-state index contributed by atoms with van der Waals surface area (Å²) in [5, 5.41) is 0. The fraction of sp³-hybridized carbons (Fsp3) is 0.429. The van der Waals surface area contributed by atoms with E-state index >= 15 is 0 Å².